The summed E-state index contributed by atoms with van der Waals surface area (Å²) in [6, 6.07) is 52.9. The molecule has 7 aromatic carbocycles. The minimum absolute atomic E-state index is 0.542. The lowest BCUT2D eigenvalue weighted by atomic mass is 9.98. The molecule has 0 spiro atoms. The fourth-order valence-corrected chi connectivity index (χ4v) is 6.89. The van der Waals surface area contributed by atoms with Crippen molar-refractivity contribution in [1.29, 1.82) is 0 Å². The normalized spacial score (nSPS) is 11.6. The Morgan fingerprint density at radius 3 is 1.70 bits per heavy atom. The van der Waals surface area contributed by atoms with Gasteiger partial charge in [-0.1, -0.05) is 127 Å². The molecule has 0 fully saturated rings. The fourth-order valence-electron chi connectivity index (χ4n) is 6.89. The number of fused-ring (bicyclic) bond motifs is 6. The first-order chi connectivity index (χ1) is 24.8. The van der Waals surface area contributed by atoms with Crippen LogP contribution in [-0.4, -0.2) is 19.9 Å². The van der Waals surface area contributed by atoms with Crippen LogP contribution < -0.4 is 0 Å². The maximum atomic E-state index is 6.41. The summed E-state index contributed by atoms with van der Waals surface area (Å²) in [7, 11) is 0. The summed E-state index contributed by atoms with van der Waals surface area (Å²) >= 11 is 0. The Kier molecular flexibility index (Phi) is 6.39. The summed E-state index contributed by atoms with van der Waals surface area (Å²) in [6.45, 7) is 0. The Morgan fingerprint density at radius 1 is 0.360 bits per heavy atom. The summed E-state index contributed by atoms with van der Waals surface area (Å²) < 4.78 is 12.7. The van der Waals surface area contributed by atoms with Crippen molar-refractivity contribution in [3.05, 3.63) is 158 Å². The second-order valence-electron chi connectivity index (χ2n) is 12.2. The maximum absolute atomic E-state index is 6.41. The predicted molar refractivity (Wildman–Crippen MR) is 199 cm³/mol. The molecule has 0 unspecified atom stereocenters. The van der Waals surface area contributed by atoms with Gasteiger partial charge in [0.15, 0.2) is 23.1 Å². The molecule has 10 aromatic rings. The Hall–Kier alpha value is -6.92. The zero-order valence-corrected chi connectivity index (χ0v) is 26.6. The number of oxazole rings is 1. The van der Waals surface area contributed by atoms with Crippen molar-refractivity contribution in [2.45, 2.75) is 0 Å². The lowest BCUT2D eigenvalue weighted by Gasteiger charge is -2.13. The average Bonchev–Trinajstić information content (AvgIpc) is 3.80. The van der Waals surface area contributed by atoms with Gasteiger partial charge in [-0.15, -0.1) is 0 Å². The molecular weight excluding hydrogens is 617 g/mol. The molecule has 0 radical (unpaired) electrons. The highest BCUT2D eigenvalue weighted by Gasteiger charge is 2.22. The van der Waals surface area contributed by atoms with Crippen LogP contribution in [0.1, 0.15) is 0 Å². The van der Waals surface area contributed by atoms with Crippen LogP contribution in [0.25, 0.3) is 101 Å². The average molecular weight is 643 g/mol. The standard InChI is InChI=1S/C44H26N4O2/c1-3-14-27(15-4-1)29-18-7-10-21-32(29)41-46-42(34-23-13-25-38-39(34)33-22-11-12-24-37(33)49-38)48-43(47-41)35-26-36-40(31-20-9-8-19-30(31)35)50-44(45-36)28-16-5-2-6-17-28/h1-26H. The molecule has 0 aliphatic carbocycles. The minimum Gasteiger partial charge on any atom is -0.456 e. The van der Waals surface area contributed by atoms with E-state index in [-0.39, 0.29) is 0 Å². The van der Waals surface area contributed by atoms with Gasteiger partial charge in [-0.3, -0.25) is 0 Å². The molecule has 3 aromatic heterocycles. The third kappa shape index (κ3) is 4.58. The summed E-state index contributed by atoms with van der Waals surface area (Å²) in [5.74, 6) is 2.23. The topological polar surface area (TPSA) is 77.8 Å². The van der Waals surface area contributed by atoms with Crippen LogP contribution in [0.15, 0.2) is 167 Å². The largest absolute Gasteiger partial charge is 0.456 e. The number of hydrogen-bond acceptors (Lipinski definition) is 6. The van der Waals surface area contributed by atoms with Crippen molar-refractivity contribution in [3.63, 3.8) is 0 Å². The van der Waals surface area contributed by atoms with Gasteiger partial charge < -0.3 is 8.83 Å². The smallest absolute Gasteiger partial charge is 0.227 e. The van der Waals surface area contributed by atoms with E-state index in [0.29, 0.717) is 23.4 Å². The first kappa shape index (κ1) is 28.1. The van der Waals surface area contributed by atoms with Crippen LogP contribution in [-0.2, 0) is 0 Å². The first-order valence-electron chi connectivity index (χ1n) is 16.5. The molecule has 3 heterocycles. The second kappa shape index (κ2) is 11.4. The van der Waals surface area contributed by atoms with Crippen molar-refractivity contribution in [2.24, 2.45) is 0 Å². The fraction of sp³-hybridized carbons (Fsp3) is 0. The molecule has 234 valence electrons. The summed E-state index contributed by atoms with van der Waals surface area (Å²) in [5.41, 5.74) is 8.69. The Bertz CT molecular complexity index is 2880. The van der Waals surface area contributed by atoms with Crippen molar-refractivity contribution in [2.75, 3.05) is 0 Å². The van der Waals surface area contributed by atoms with Gasteiger partial charge in [0.25, 0.3) is 0 Å². The SMILES string of the molecule is c1ccc(-c2nc3cc(-c4nc(-c5ccccc5-c5ccccc5)nc(-c5cccc6oc7ccccc7c56)n4)c4ccccc4c3o2)cc1. The number of benzene rings is 7. The quantitative estimate of drug-likeness (QED) is 0.186. The van der Waals surface area contributed by atoms with E-state index in [1.54, 1.807) is 0 Å². The molecule has 6 heteroatoms. The molecule has 0 bridgehead atoms. The lowest BCUT2D eigenvalue weighted by molar-refractivity contribution is 0.623. The van der Waals surface area contributed by atoms with Crippen LogP contribution in [0.2, 0.25) is 0 Å². The molecule has 0 N–H and O–H groups in total. The highest BCUT2D eigenvalue weighted by Crippen LogP contribution is 2.40. The van der Waals surface area contributed by atoms with E-state index in [2.05, 4.69) is 48.5 Å². The molecule has 0 saturated carbocycles. The third-order valence-corrected chi connectivity index (χ3v) is 9.19. The van der Waals surface area contributed by atoms with Crippen molar-refractivity contribution in [1.82, 2.24) is 19.9 Å². The molecule has 0 aliphatic heterocycles. The van der Waals surface area contributed by atoms with Crippen molar-refractivity contribution >= 4 is 43.8 Å². The maximum Gasteiger partial charge on any atom is 0.227 e. The van der Waals surface area contributed by atoms with Gasteiger partial charge in [0, 0.05) is 38.4 Å². The molecule has 0 aliphatic rings. The van der Waals surface area contributed by atoms with Gasteiger partial charge in [0.2, 0.25) is 5.89 Å². The van der Waals surface area contributed by atoms with Gasteiger partial charge >= 0.3 is 0 Å². The Labute approximate surface area is 286 Å². The first-order valence-corrected chi connectivity index (χ1v) is 16.5. The van der Waals surface area contributed by atoms with Crippen LogP contribution in [0.4, 0.5) is 0 Å². The van der Waals surface area contributed by atoms with E-state index in [0.717, 1.165) is 77.2 Å². The summed E-state index contributed by atoms with van der Waals surface area (Å²) in [6.07, 6.45) is 0. The highest BCUT2D eigenvalue weighted by molar-refractivity contribution is 6.12. The highest BCUT2D eigenvalue weighted by atomic mass is 16.3. The van der Waals surface area contributed by atoms with Gasteiger partial charge in [-0.05, 0) is 46.8 Å². The number of hydrogen-bond donors (Lipinski definition) is 0. The molecule has 50 heavy (non-hydrogen) atoms. The van der Waals surface area contributed by atoms with Gasteiger partial charge in [-0.25, -0.2) is 19.9 Å². The Morgan fingerprint density at radius 2 is 0.920 bits per heavy atom. The molecule has 0 amide bonds. The van der Waals surface area contributed by atoms with Crippen molar-refractivity contribution in [3.8, 4) is 56.7 Å². The van der Waals surface area contributed by atoms with E-state index in [9.17, 15) is 0 Å². The van der Waals surface area contributed by atoms with E-state index in [1.165, 1.54) is 0 Å². The van der Waals surface area contributed by atoms with Gasteiger partial charge in [0.1, 0.15) is 16.7 Å². The van der Waals surface area contributed by atoms with Gasteiger partial charge in [-0.2, -0.15) is 0 Å². The van der Waals surface area contributed by atoms with E-state index >= 15 is 0 Å². The van der Waals surface area contributed by atoms with E-state index in [1.807, 2.05) is 109 Å². The zero-order chi connectivity index (χ0) is 33.0. The molecule has 6 nitrogen and oxygen atoms in total. The van der Waals surface area contributed by atoms with E-state index in [4.69, 9.17) is 28.8 Å². The number of furan rings is 1. The monoisotopic (exact) mass is 642 g/mol. The van der Waals surface area contributed by atoms with Crippen LogP contribution in [0.3, 0.4) is 0 Å². The number of para-hydroxylation sites is 1. The van der Waals surface area contributed by atoms with Gasteiger partial charge in [0.05, 0.1) is 0 Å². The second-order valence-corrected chi connectivity index (χ2v) is 12.2. The molecule has 0 atom stereocenters. The van der Waals surface area contributed by atoms with Crippen molar-refractivity contribution < 1.29 is 8.83 Å². The Balaban J connectivity index is 1.27. The molecular formula is C44H26N4O2. The lowest BCUT2D eigenvalue weighted by Crippen LogP contribution is -2.02. The summed E-state index contributed by atoms with van der Waals surface area (Å²) in [4.78, 5) is 20.6. The predicted octanol–water partition coefficient (Wildman–Crippen LogP) is 11.4. The van der Waals surface area contributed by atoms with Crippen LogP contribution in [0.5, 0.6) is 0 Å². The molecule has 10 rings (SSSR count). The van der Waals surface area contributed by atoms with Crippen LogP contribution in [0, 0.1) is 0 Å². The number of aromatic nitrogens is 4. The number of rotatable bonds is 5. The number of nitrogens with zero attached hydrogens (tertiary/aromatic N) is 4. The zero-order valence-electron chi connectivity index (χ0n) is 26.6. The third-order valence-electron chi connectivity index (χ3n) is 9.19. The molecule has 0 saturated heterocycles. The minimum atomic E-state index is 0.542. The van der Waals surface area contributed by atoms with E-state index < -0.39 is 0 Å². The van der Waals surface area contributed by atoms with Crippen LogP contribution >= 0.6 is 0 Å². The summed E-state index contributed by atoms with van der Waals surface area (Å²) in [5, 5.41) is 3.87.